The Kier molecular flexibility index (Phi) is 5.34. The Hall–Kier alpha value is -1.36. The largest absolute Gasteiger partial charge is 0.395 e. The van der Waals surface area contributed by atoms with E-state index in [1.807, 2.05) is 0 Å². The summed E-state index contributed by atoms with van der Waals surface area (Å²) in [6.45, 7) is 2.04. The van der Waals surface area contributed by atoms with Gasteiger partial charge < -0.3 is 10.8 Å². The Labute approximate surface area is 113 Å². The Bertz CT molecular complexity index is 481. The fourth-order valence-corrected chi connectivity index (χ4v) is 1.78. The van der Waals surface area contributed by atoms with Gasteiger partial charge in [-0.1, -0.05) is 29.8 Å². The standard InChI is InChI=1S/C13H17N3O.ClH/c1-9-2-4-10(5-3-9)13-11(7-15-16-13)6-12(14)8-17;/h2-5,7,12,17H,6,8,14H2,1H3,(H,15,16);1H. The van der Waals surface area contributed by atoms with Crippen LogP contribution in [0.5, 0.6) is 0 Å². The van der Waals surface area contributed by atoms with Crippen molar-refractivity contribution in [3.8, 4) is 11.3 Å². The van der Waals surface area contributed by atoms with Gasteiger partial charge in [0.2, 0.25) is 0 Å². The molecule has 2 aromatic rings. The highest BCUT2D eigenvalue weighted by molar-refractivity contribution is 5.85. The number of hydrogen-bond acceptors (Lipinski definition) is 3. The predicted molar refractivity (Wildman–Crippen MR) is 74.8 cm³/mol. The molecule has 1 aromatic heterocycles. The van der Waals surface area contributed by atoms with Crippen molar-refractivity contribution in [3.63, 3.8) is 0 Å². The summed E-state index contributed by atoms with van der Waals surface area (Å²) >= 11 is 0. The Balaban J connectivity index is 0.00000162. The number of nitrogens with one attached hydrogen (secondary N) is 1. The Morgan fingerprint density at radius 1 is 1.33 bits per heavy atom. The van der Waals surface area contributed by atoms with Gasteiger partial charge in [0.15, 0.2) is 0 Å². The molecule has 0 saturated heterocycles. The molecule has 0 fully saturated rings. The third-order valence-corrected chi connectivity index (χ3v) is 2.77. The smallest absolute Gasteiger partial charge is 0.0682 e. The summed E-state index contributed by atoms with van der Waals surface area (Å²) in [4.78, 5) is 0. The molecule has 0 aliphatic heterocycles. The zero-order chi connectivity index (χ0) is 12.3. The molecule has 1 heterocycles. The van der Waals surface area contributed by atoms with E-state index < -0.39 is 0 Å². The third-order valence-electron chi connectivity index (χ3n) is 2.77. The van der Waals surface area contributed by atoms with E-state index >= 15 is 0 Å². The van der Waals surface area contributed by atoms with Crippen molar-refractivity contribution in [3.05, 3.63) is 41.6 Å². The average molecular weight is 268 g/mol. The molecule has 18 heavy (non-hydrogen) atoms. The summed E-state index contributed by atoms with van der Waals surface area (Å²) in [6.07, 6.45) is 2.39. The van der Waals surface area contributed by atoms with Crippen LogP contribution in [0, 0.1) is 6.92 Å². The summed E-state index contributed by atoms with van der Waals surface area (Å²) in [7, 11) is 0. The summed E-state index contributed by atoms with van der Waals surface area (Å²) < 4.78 is 0. The molecule has 0 radical (unpaired) electrons. The maximum Gasteiger partial charge on any atom is 0.0682 e. The first-order valence-corrected chi connectivity index (χ1v) is 5.66. The van der Waals surface area contributed by atoms with Crippen LogP contribution in [0.3, 0.4) is 0 Å². The lowest BCUT2D eigenvalue weighted by Crippen LogP contribution is -2.26. The fourth-order valence-electron chi connectivity index (χ4n) is 1.78. The summed E-state index contributed by atoms with van der Waals surface area (Å²) in [5, 5.41) is 16.0. The minimum Gasteiger partial charge on any atom is -0.395 e. The molecule has 0 bridgehead atoms. The van der Waals surface area contributed by atoms with Crippen molar-refractivity contribution in [2.24, 2.45) is 5.73 Å². The van der Waals surface area contributed by atoms with Crippen molar-refractivity contribution in [1.29, 1.82) is 0 Å². The van der Waals surface area contributed by atoms with Crippen molar-refractivity contribution < 1.29 is 5.11 Å². The van der Waals surface area contributed by atoms with E-state index in [0.717, 1.165) is 16.8 Å². The molecule has 1 unspecified atom stereocenters. The molecule has 0 saturated carbocycles. The second kappa shape index (κ2) is 6.54. The van der Waals surface area contributed by atoms with E-state index in [2.05, 4.69) is 41.4 Å². The van der Waals surface area contributed by atoms with Gasteiger partial charge in [-0.05, 0) is 24.5 Å². The van der Waals surface area contributed by atoms with Gasteiger partial charge in [0.25, 0.3) is 0 Å². The maximum absolute atomic E-state index is 8.98. The quantitative estimate of drug-likeness (QED) is 0.789. The number of halogens is 1. The van der Waals surface area contributed by atoms with Crippen LogP contribution in [-0.2, 0) is 6.42 Å². The molecule has 4 N–H and O–H groups in total. The zero-order valence-corrected chi connectivity index (χ0v) is 11.1. The topological polar surface area (TPSA) is 74.9 Å². The number of hydrogen-bond donors (Lipinski definition) is 3. The van der Waals surface area contributed by atoms with Crippen LogP contribution in [0.25, 0.3) is 11.3 Å². The maximum atomic E-state index is 8.98. The van der Waals surface area contributed by atoms with Crippen LogP contribution in [0.1, 0.15) is 11.1 Å². The van der Waals surface area contributed by atoms with Gasteiger partial charge in [0.1, 0.15) is 0 Å². The summed E-state index contributed by atoms with van der Waals surface area (Å²) in [5.41, 5.74) is 10.1. The minimum absolute atomic E-state index is 0. The highest BCUT2D eigenvalue weighted by Gasteiger charge is 2.10. The molecule has 1 atom stereocenters. The lowest BCUT2D eigenvalue weighted by atomic mass is 10.0. The molecular formula is C13H18ClN3O. The second-order valence-corrected chi connectivity index (χ2v) is 4.28. The monoisotopic (exact) mass is 267 g/mol. The molecule has 98 valence electrons. The molecule has 0 aliphatic rings. The molecule has 0 spiro atoms. The van der Waals surface area contributed by atoms with E-state index in [0.29, 0.717) is 6.42 Å². The molecular weight excluding hydrogens is 250 g/mol. The average Bonchev–Trinajstić information content (AvgIpc) is 2.78. The van der Waals surface area contributed by atoms with Gasteiger partial charge in [0, 0.05) is 6.04 Å². The normalized spacial score (nSPS) is 11.9. The Morgan fingerprint density at radius 3 is 2.61 bits per heavy atom. The molecule has 4 nitrogen and oxygen atoms in total. The molecule has 1 aromatic carbocycles. The van der Waals surface area contributed by atoms with Crippen LogP contribution in [0.15, 0.2) is 30.5 Å². The van der Waals surface area contributed by atoms with Gasteiger partial charge >= 0.3 is 0 Å². The molecule has 5 heteroatoms. The van der Waals surface area contributed by atoms with Gasteiger partial charge in [-0.25, -0.2) is 0 Å². The van der Waals surface area contributed by atoms with Crippen molar-refractivity contribution in [1.82, 2.24) is 10.2 Å². The van der Waals surface area contributed by atoms with Crippen LogP contribution in [-0.4, -0.2) is 28.0 Å². The third kappa shape index (κ3) is 3.32. The highest BCUT2D eigenvalue weighted by atomic mass is 35.5. The van der Waals surface area contributed by atoms with E-state index in [-0.39, 0.29) is 25.1 Å². The number of aryl methyl sites for hydroxylation is 1. The van der Waals surface area contributed by atoms with Crippen LogP contribution >= 0.6 is 12.4 Å². The Morgan fingerprint density at radius 2 is 2.00 bits per heavy atom. The first-order chi connectivity index (χ1) is 8.20. The van der Waals surface area contributed by atoms with E-state index in [1.165, 1.54) is 5.56 Å². The first-order valence-electron chi connectivity index (χ1n) is 5.66. The number of nitrogens with zero attached hydrogens (tertiary/aromatic N) is 1. The highest BCUT2D eigenvalue weighted by Crippen LogP contribution is 2.22. The van der Waals surface area contributed by atoms with Crippen molar-refractivity contribution in [2.45, 2.75) is 19.4 Å². The van der Waals surface area contributed by atoms with Crippen LogP contribution < -0.4 is 5.73 Å². The number of aromatic nitrogens is 2. The predicted octanol–water partition coefficient (Wildman–Crippen LogP) is 1.67. The number of aromatic amines is 1. The molecule has 0 amide bonds. The summed E-state index contributed by atoms with van der Waals surface area (Å²) in [6, 6.07) is 7.99. The number of benzene rings is 1. The van der Waals surface area contributed by atoms with Crippen LogP contribution in [0.4, 0.5) is 0 Å². The number of rotatable bonds is 4. The van der Waals surface area contributed by atoms with E-state index in [4.69, 9.17) is 10.8 Å². The van der Waals surface area contributed by atoms with Gasteiger partial charge in [0.05, 0.1) is 18.5 Å². The lowest BCUT2D eigenvalue weighted by Gasteiger charge is -2.08. The van der Waals surface area contributed by atoms with E-state index in [9.17, 15) is 0 Å². The summed E-state index contributed by atoms with van der Waals surface area (Å²) in [5.74, 6) is 0. The number of nitrogens with two attached hydrogens (primary N) is 1. The first kappa shape index (κ1) is 14.7. The SMILES string of the molecule is Cc1ccc(-c2[nH]ncc2CC(N)CO)cc1.Cl. The van der Waals surface area contributed by atoms with Crippen molar-refractivity contribution >= 4 is 12.4 Å². The lowest BCUT2D eigenvalue weighted by molar-refractivity contribution is 0.265. The number of H-pyrrole nitrogens is 1. The van der Waals surface area contributed by atoms with Crippen molar-refractivity contribution in [2.75, 3.05) is 6.61 Å². The van der Waals surface area contributed by atoms with Gasteiger partial charge in [-0.3, -0.25) is 5.10 Å². The van der Waals surface area contributed by atoms with E-state index in [1.54, 1.807) is 6.20 Å². The van der Waals surface area contributed by atoms with Gasteiger partial charge in [-0.15, -0.1) is 12.4 Å². The zero-order valence-electron chi connectivity index (χ0n) is 10.3. The fraction of sp³-hybridized carbons (Fsp3) is 0.308. The van der Waals surface area contributed by atoms with Gasteiger partial charge in [-0.2, -0.15) is 5.10 Å². The number of aliphatic hydroxyl groups excluding tert-OH is 1. The number of aliphatic hydroxyl groups is 1. The van der Waals surface area contributed by atoms with Crippen LogP contribution in [0.2, 0.25) is 0 Å². The molecule has 0 aliphatic carbocycles. The molecule has 2 rings (SSSR count). The minimum atomic E-state index is -0.239. The second-order valence-electron chi connectivity index (χ2n) is 4.28.